The fourth-order valence-electron chi connectivity index (χ4n) is 2.12. The average molecular weight is 228 g/mol. The zero-order chi connectivity index (χ0) is 11.8. The second kappa shape index (κ2) is 7.63. The molecule has 0 radical (unpaired) electrons. The van der Waals surface area contributed by atoms with Crippen molar-refractivity contribution in [2.24, 2.45) is 5.92 Å². The number of unbranched alkanes of at least 4 members (excludes halogenated alkanes) is 1. The van der Waals surface area contributed by atoms with E-state index in [0.29, 0.717) is 6.54 Å². The van der Waals surface area contributed by atoms with Crippen LogP contribution in [0.5, 0.6) is 0 Å². The third-order valence-electron chi connectivity index (χ3n) is 3.11. The molecule has 0 spiro atoms. The Morgan fingerprint density at radius 3 is 2.88 bits per heavy atom. The van der Waals surface area contributed by atoms with Gasteiger partial charge in [-0.3, -0.25) is 4.79 Å². The molecule has 2 N–H and O–H groups in total. The molecule has 94 valence electrons. The summed E-state index contributed by atoms with van der Waals surface area (Å²) in [6.45, 7) is 5.27. The third-order valence-corrected chi connectivity index (χ3v) is 3.11. The molecule has 1 unspecified atom stereocenters. The second-order valence-electron chi connectivity index (χ2n) is 4.45. The van der Waals surface area contributed by atoms with E-state index in [0.717, 1.165) is 45.3 Å². The van der Waals surface area contributed by atoms with Crippen molar-refractivity contribution in [2.45, 2.75) is 32.6 Å². The van der Waals surface area contributed by atoms with Crippen LogP contribution in [0.2, 0.25) is 0 Å². The molecule has 4 heteroatoms. The average Bonchev–Trinajstić information content (AvgIpc) is 2.35. The topological polar surface area (TPSA) is 52.6 Å². The van der Waals surface area contributed by atoms with Crippen LogP contribution < -0.4 is 5.32 Å². The van der Waals surface area contributed by atoms with E-state index in [9.17, 15) is 4.79 Å². The van der Waals surface area contributed by atoms with Gasteiger partial charge in [0.2, 0.25) is 5.91 Å². The Bertz CT molecular complexity index is 203. The van der Waals surface area contributed by atoms with Gasteiger partial charge in [0.05, 0.1) is 12.5 Å². The lowest BCUT2D eigenvalue weighted by atomic mass is 9.98. The van der Waals surface area contributed by atoms with Crippen LogP contribution in [-0.4, -0.2) is 48.7 Å². The van der Waals surface area contributed by atoms with Gasteiger partial charge in [-0.25, -0.2) is 0 Å². The second-order valence-corrected chi connectivity index (χ2v) is 4.45. The van der Waals surface area contributed by atoms with Crippen molar-refractivity contribution in [3.8, 4) is 0 Å². The summed E-state index contributed by atoms with van der Waals surface area (Å²) in [6, 6.07) is 0. The van der Waals surface area contributed by atoms with Crippen LogP contribution in [0.15, 0.2) is 0 Å². The van der Waals surface area contributed by atoms with Crippen LogP contribution in [0.3, 0.4) is 0 Å². The molecule has 0 aromatic heterocycles. The molecule has 0 saturated carbocycles. The van der Waals surface area contributed by atoms with Crippen molar-refractivity contribution in [3.05, 3.63) is 0 Å². The zero-order valence-corrected chi connectivity index (χ0v) is 10.2. The first-order valence-electron chi connectivity index (χ1n) is 6.40. The molecular weight excluding hydrogens is 204 g/mol. The molecule has 0 aromatic rings. The van der Waals surface area contributed by atoms with Gasteiger partial charge in [-0.05, 0) is 25.8 Å². The Morgan fingerprint density at radius 1 is 1.50 bits per heavy atom. The molecule has 1 amide bonds. The molecule has 1 aliphatic heterocycles. The van der Waals surface area contributed by atoms with Gasteiger partial charge in [-0.15, -0.1) is 0 Å². The number of hydrogen-bond donors (Lipinski definition) is 2. The lowest BCUT2D eigenvalue weighted by Gasteiger charge is -2.29. The summed E-state index contributed by atoms with van der Waals surface area (Å²) in [5.41, 5.74) is 0. The monoisotopic (exact) mass is 228 g/mol. The molecule has 16 heavy (non-hydrogen) atoms. The number of aliphatic hydroxyl groups is 1. The van der Waals surface area contributed by atoms with E-state index in [1.807, 2.05) is 4.90 Å². The van der Waals surface area contributed by atoms with Gasteiger partial charge < -0.3 is 15.3 Å². The first-order chi connectivity index (χ1) is 7.79. The predicted octanol–water partition coefficient (Wildman–Crippen LogP) is 0.607. The zero-order valence-electron chi connectivity index (χ0n) is 10.2. The lowest BCUT2D eigenvalue weighted by Crippen LogP contribution is -2.44. The Morgan fingerprint density at radius 2 is 2.31 bits per heavy atom. The van der Waals surface area contributed by atoms with Gasteiger partial charge in [0.1, 0.15) is 0 Å². The van der Waals surface area contributed by atoms with Crippen LogP contribution in [0.4, 0.5) is 0 Å². The largest absolute Gasteiger partial charge is 0.395 e. The van der Waals surface area contributed by atoms with E-state index in [4.69, 9.17) is 5.11 Å². The number of rotatable bonds is 6. The summed E-state index contributed by atoms with van der Waals surface area (Å²) >= 11 is 0. The lowest BCUT2D eigenvalue weighted by molar-refractivity contribution is -0.136. The maximum absolute atomic E-state index is 12.2. The van der Waals surface area contributed by atoms with Gasteiger partial charge in [0.15, 0.2) is 0 Å². The minimum absolute atomic E-state index is 0.0651. The minimum Gasteiger partial charge on any atom is -0.395 e. The van der Waals surface area contributed by atoms with E-state index in [2.05, 4.69) is 12.2 Å². The molecule has 1 rings (SSSR count). The summed E-state index contributed by atoms with van der Waals surface area (Å²) in [4.78, 5) is 14.0. The summed E-state index contributed by atoms with van der Waals surface area (Å²) in [5, 5.41) is 12.2. The molecule has 4 nitrogen and oxygen atoms in total. The molecule has 1 saturated heterocycles. The van der Waals surface area contributed by atoms with Crippen molar-refractivity contribution < 1.29 is 9.90 Å². The standard InChI is InChI=1S/C12H24N2O2/c1-2-3-7-14(8-9-15)12(16)11-5-4-6-13-10-11/h11,13,15H,2-10H2,1H3. The van der Waals surface area contributed by atoms with Crippen LogP contribution in [0, 0.1) is 5.92 Å². The van der Waals surface area contributed by atoms with Crippen molar-refractivity contribution in [3.63, 3.8) is 0 Å². The van der Waals surface area contributed by atoms with Gasteiger partial charge in [-0.2, -0.15) is 0 Å². The first-order valence-corrected chi connectivity index (χ1v) is 6.40. The Kier molecular flexibility index (Phi) is 6.42. The van der Waals surface area contributed by atoms with Crippen molar-refractivity contribution in [1.82, 2.24) is 10.2 Å². The predicted molar refractivity (Wildman–Crippen MR) is 64.2 cm³/mol. The highest BCUT2D eigenvalue weighted by Gasteiger charge is 2.25. The fourth-order valence-corrected chi connectivity index (χ4v) is 2.12. The molecule has 0 aliphatic carbocycles. The fraction of sp³-hybridized carbons (Fsp3) is 0.917. The number of nitrogens with zero attached hydrogens (tertiary/aromatic N) is 1. The molecule has 1 atom stereocenters. The Hall–Kier alpha value is -0.610. The minimum atomic E-state index is 0.0651. The van der Waals surface area contributed by atoms with Crippen LogP contribution in [0.1, 0.15) is 32.6 Å². The highest BCUT2D eigenvalue weighted by atomic mass is 16.3. The maximum Gasteiger partial charge on any atom is 0.227 e. The van der Waals surface area contributed by atoms with Crippen LogP contribution in [-0.2, 0) is 4.79 Å². The number of piperidine rings is 1. The summed E-state index contributed by atoms with van der Waals surface area (Å²) in [7, 11) is 0. The summed E-state index contributed by atoms with van der Waals surface area (Å²) < 4.78 is 0. The number of aliphatic hydroxyl groups excluding tert-OH is 1. The Balaban J connectivity index is 2.44. The van der Waals surface area contributed by atoms with Gasteiger partial charge in [0, 0.05) is 19.6 Å². The number of carbonyl (C=O) groups is 1. The highest BCUT2D eigenvalue weighted by Crippen LogP contribution is 2.13. The van der Waals surface area contributed by atoms with Gasteiger partial charge in [0.25, 0.3) is 0 Å². The number of carbonyl (C=O) groups excluding carboxylic acids is 1. The molecule has 1 aliphatic rings. The van der Waals surface area contributed by atoms with Crippen LogP contribution in [0.25, 0.3) is 0 Å². The number of amides is 1. The molecule has 0 bridgehead atoms. The van der Waals surface area contributed by atoms with E-state index in [1.165, 1.54) is 0 Å². The molecule has 1 heterocycles. The van der Waals surface area contributed by atoms with Gasteiger partial charge >= 0.3 is 0 Å². The number of nitrogens with one attached hydrogen (secondary N) is 1. The number of hydrogen-bond acceptors (Lipinski definition) is 3. The van der Waals surface area contributed by atoms with Crippen LogP contribution >= 0.6 is 0 Å². The van der Waals surface area contributed by atoms with Crippen molar-refractivity contribution >= 4 is 5.91 Å². The van der Waals surface area contributed by atoms with Crippen molar-refractivity contribution in [1.29, 1.82) is 0 Å². The third kappa shape index (κ3) is 4.10. The van der Waals surface area contributed by atoms with E-state index < -0.39 is 0 Å². The molecule has 1 fully saturated rings. The van der Waals surface area contributed by atoms with Crippen molar-refractivity contribution in [2.75, 3.05) is 32.8 Å². The molecular formula is C12H24N2O2. The smallest absolute Gasteiger partial charge is 0.227 e. The van der Waals surface area contributed by atoms with E-state index >= 15 is 0 Å². The highest BCUT2D eigenvalue weighted by molar-refractivity contribution is 5.79. The maximum atomic E-state index is 12.2. The SMILES string of the molecule is CCCCN(CCO)C(=O)C1CCCNC1. The van der Waals surface area contributed by atoms with Gasteiger partial charge in [-0.1, -0.05) is 13.3 Å². The quantitative estimate of drug-likeness (QED) is 0.700. The Labute approximate surface area is 98.0 Å². The molecule has 0 aromatic carbocycles. The summed E-state index contributed by atoms with van der Waals surface area (Å²) in [5.74, 6) is 0.340. The van der Waals surface area contributed by atoms with E-state index in [-0.39, 0.29) is 18.4 Å². The normalized spacial score (nSPS) is 20.8. The summed E-state index contributed by atoms with van der Waals surface area (Å²) in [6.07, 6.45) is 4.17. The van der Waals surface area contributed by atoms with E-state index in [1.54, 1.807) is 0 Å². The first kappa shape index (κ1) is 13.5.